The molecular weight excluding hydrogens is 484 g/mol. The number of ether oxygens (including phenoxy) is 1. The summed E-state index contributed by atoms with van der Waals surface area (Å²) in [6.45, 7) is 12.0. The Morgan fingerprint density at radius 3 is 2.71 bits per heavy atom. The highest BCUT2D eigenvalue weighted by Gasteiger charge is 2.21. The summed E-state index contributed by atoms with van der Waals surface area (Å²) in [6, 6.07) is 5.94. The first-order valence-electron chi connectivity index (χ1n) is 11.0. The molecule has 3 aromatic rings. The first-order chi connectivity index (χ1) is 16.6. The van der Waals surface area contributed by atoms with Gasteiger partial charge in [-0.15, -0.1) is 16.8 Å². The van der Waals surface area contributed by atoms with Crippen LogP contribution >= 0.6 is 23.1 Å². The summed E-state index contributed by atoms with van der Waals surface area (Å²) in [4.78, 5) is 31.1. The Morgan fingerprint density at radius 2 is 2.03 bits per heavy atom. The monoisotopic (exact) mass is 514 g/mol. The van der Waals surface area contributed by atoms with E-state index in [-0.39, 0.29) is 23.7 Å². The Hall–Kier alpha value is -3.18. The van der Waals surface area contributed by atoms with Gasteiger partial charge in [0.15, 0.2) is 22.2 Å². The SMILES string of the molecule is C=CCn1c(SCC(=O)Nc2nc(C)c(C(=O)N(C)C)s2)nnc1C(C)Oc1cccc(C)c1C. The van der Waals surface area contributed by atoms with Crippen LogP contribution < -0.4 is 10.1 Å². The predicted octanol–water partition coefficient (Wildman–Crippen LogP) is 4.42. The number of anilines is 1. The lowest BCUT2D eigenvalue weighted by atomic mass is 10.1. The fourth-order valence-electron chi connectivity index (χ4n) is 3.24. The molecule has 1 aromatic carbocycles. The molecule has 1 N–H and O–H groups in total. The Balaban J connectivity index is 1.68. The topological polar surface area (TPSA) is 102 Å². The van der Waals surface area contributed by atoms with Crippen LogP contribution in [0.2, 0.25) is 0 Å². The summed E-state index contributed by atoms with van der Waals surface area (Å²) >= 11 is 2.42. The molecule has 0 fully saturated rings. The van der Waals surface area contributed by atoms with E-state index in [1.165, 1.54) is 16.7 Å². The van der Waals surface area contributed by atoms with Gasteiger partial charge in [0.05, 0.1) is 11.4 Å². The second kappa shape index (κ2) is 11.5. The zero-order valence-corrected chi connectivity index (χ0v) is 22.4. The standard InChI is InChI=1S/C24H30N6O3S2/c1-8-12-30-21(17(5)33-18-11-9-10-14(2)15(18)3)27-28-24(30)34-13-19(31)26-23-25-16(4)20(35-23)22(32)29(6)7/h8-11,17H,1,12-13H2,2-7H3,(H,25,26,31). The average molecular weight is 515 g/mol. The van der Waals surface area contributed by atoms with Crippen LogP contribution in [0, 0.1) is 20.8 Å². The van der Waals surface area contributed by atoms with Crippen molar-refractivity contribution in [3.05, 3.63) is 58.4 Å². The van der Waals surface area contributed by atoms with E-state index in [0.29, 0.717) is 33.2 Å². The van der Waals surface area contributed by atoms with Crippen molar-refractivity contribution in [1.82, 2.24) is 24.6 Å². The summed E-state index contributed by atoms with van der Waals surface area (Å²) in [5.74, 6) is 1.16. The van der Waals surface area contributed by atoms with Gasteiger partial charge < -0.3 is 15.0 Å². The molecule has 186 valence electrons. The fraction of sp³-hybridized carbons (Fsp3) is 0.375. The van der Waals surface area contributed by atoms with E-state index in [0.717, 1.165) is 28.2 Å². The molecule has 1 unspecified atom stereocenters. The molecule has 2 aromatic heterocycles. The van der Waals surface area contributed by atoms with Crippen LogP contribution in [-0.4, -0.2) is 56.3 Å². The van der Waals surface area contributed by atoms with Crippen molar-refractivity contribution < 1.29 is 14.3 Å². The number of hydrogen-bond acceptors (Lipinski definition) is 8. The zero-order chi connectivity index (χ0) is 25.7. The Bertz CT molecular complexity index is 1230. The largest absolute Gasteiger partial charge is 0.482 e. The highest BCUT2D eigenvalue weighted by atomic mass is 32.2. The number of allylic oxidation sites excluding steroid dienone is 1. The Morgan fingerprint density at radius 1 is 1.29 bits per heavy atom. The number of benzene rings is 1. The van der Waals surface area contributed by atoms with Gasteiger partial charge in [-0.05, 0) is 44.9 Å². The number of hydrogen-bond donors (Lipinski definition) is 1. The van der Waals surface area contributed by atoms with Crippen molar-refractivity contribution in [3.63, 3.8) is 0 Å². The van der Waals surface area contributed by atoms with Gasteiger partial charge in [0, 0.05) is 20.6 Å². The molecule has 0 aliphatic rings. The number of nitrogens with one attached hydrogen (secondary N) is 1. The summed E-state index contributed by atoms with van der Waals surface area (Å²) in [7, 11) is 3.36. The van der Waals surface area contributed by atoms with Crippen LogP contribution in [0.5, 0.6) is 5.75 Å². The number of rotatable bonds is 10. The number of carbonyl (C=O) groups is 2. The van der Waals surface area contributed by atoms with Gasteiger partial charge in [-0.1, -0.05) is 41.3 Å². The lowest BCUT2D eigenvalue weighted by Crippen LogP contribution is -2.21. The maximum Gasteiger partial charge on any atom is 0.265 e. The Kier molecular flexibility index (Phi) is 8.68. The number of amides is 2. The van der Waals surface area contributed by atoms with Crippen LogP contribution in [-0.2, 0) is 11.3 Å². The van der Waals surface area contributed by atoms with Gasteiger partial charge in [0.25, 0.3) is 5.91 Å². The van der Waals surface area contributed by atoms with Crippen molar-refractivity contribution in [2.24, 2.45) is 0 Å². The van der Waals surface area contributed by atoms with Gasteiger partial charge in [-0.3, -0.25) is 14.2 Å². The summed E-state index contributed by atoms with van der Waals surface area (Å²) < 4.78 is 8.07. The molecule has 0 saturated heterocycles. The smallest absolute Gasteiger partial charge is 0.265 e. The van der Waals surface area contributed by atoms with Crippen molar-refractivity contribution in [2.75, 3.05) is 25.2 Å². The lowest BCUT2D eigenvalue weighted by molar-refractivity contribution is -0.113. The van der Waals surface area contributed by atoms with Crippen LogP contribution in [0.15, 0.2) is 36.0 Å². The first-order valence-corrected chi connectivity index (χ1v) is 12.8. The number of thioether (sulfide) groups is 1. The summed E-state index contributed by atoms with van der Waals surface area (Å²) in [5.41, 5.74) is 2.82. The highest BCUT2D eigenvalue weighted by molar-refractivity contribution is 7.99. The molecule has 2 heterocycles. The molecular formula is C24H30N6O3S2. The van der Waals surface area contributed by atoms with E-state index >= 15 is 0 Å². The molecule has 1 atom stereocenters. The maximum atomic E-state index is 12.6. The van der Waals surface area contributed by atoms with Crippen molar-refractivity contribution in [1.29, 1.82) is 0 Å². The highest BCUT2D eigenvalue weighted by Crippen LogP contribution is 2.28. The molecule has 0 spiro atoms. The predicted molar refractivity (Wildman–Crippen MR) is 139 cm³/mol. The second-order valence-corrected chi connectivity index (χ2v) is 10.1. The summed E-state index contributed by atoms with van der Waals surface area (Å²) in [6.07, 6.45) is 1.40. The van der Waals surface area contributed by atoms with E-state index in [1.54, 1.807) is 27.1 Å². The number of aromatic nitrogens is 4. The van der Waals surface area contributed by atoms with E-state index in [9.17, 15) is 9.59 Å². The molecule has 0 saturated carbocycles. The molecule has 0 aliphatic heterocycles. The molecule has 0 bridgehead atoms. The number of thiazole rings is 1. The van der Waals surface area contributed by atoms with Crippen LogP contribution in [0.25, 0.3) is 0 Å². The number of nitrogens with zero attached hydrogens (tertiary/aromatic N) is 5. The van der Waals surface area contributed by atoms with Gasteiger partial charge in [-0.2, -0.15) is 0 Å². The van der Waals surface area contributed by atoms with E-state index in [1.807, 2.05) is 43.5 Å². The molecule has 0 aliphatic carbocycles. The minimum absolute atomic E-state index is 0.108. The fourth-order valence-corrected chi connectivity index (χ4v) is 5.00. The zero-order valence-electron chi connectivity index (χ0n) is 20.8. The third kappa shape index (κ3) is 6.29. The molecule has 9 nitrogen and oxygen atoms in total. The van der Waals surface area contributed by atoms with E-state index in [4.69, 9.17) is 4.74 Å². The minimum Gasteiger partial charge on any atom is -0.482 e. The van der Waals surface area contributed by atoms with Gasteiger partial charge in [0.2, 0.25) is 5.91 Å². The lowest BCUT2D eigenvalue weighted by Gasteiger charge is -2.18. The number of aryl methyl sites for hydroxylation is 2. The average Bonchev–Trinajstić information content (AvgIpc) is 3.38. The van der Waals surface area contributed by atoms with Crippen molar-refractivity contribution in [3.8, 4) is 5.75 Å². The van der Waals surface area contributed by atoms with Crippen LogP contribution in [0.1, 0.15) is 45.3 Å². The van der Waals surface area contributed by atoms with Crippen LogP contribution in [0.3, 0.4) is 0 Å². The van der Waals surface area contributed by atoms with E-state index in [2.05, 4.69) is 27.1 Å². The summed E-state index contributed by atoms with van der Waals surface area (Å²) in [5, 5.41) is 12.4. The van der Waals surface area contributed by atoms with Gasteiger partial charge in [0.1, 0.15) is 10.6 Å². The van der Waals surface area contributed by atoms with E-state index < -0.39 is 0 Å². The van der Waals surface area contributed by atoms with Crippen molar-refractivity contribution >= 4 is 40.0 Å². The third-order valence-electron chi connectivity index (χ3n) is 5.26. The molecule has 35 heavy (non-hydrogen) atoms. The van der Waals surface area contributed by atoms with Gasteiger partial charge >= 0.3 is 0 Å². The second-order valence-electron chi connectivity index (χ2n) is 8.17. The third-order valence-corrected chi connectivity index (χ3v) is 7.28. The van der Waals surface area contributed by atoms with Crippen molar-refractivity contribution in [2.45, 2.75) is 45.5 Å². The molecule has 0 radical (unpaired) electrons. The quantitative estimate of drug-likeness (QED) is 0.316. The molecule has 3 rings (SSSR count). The van der Waals surface area contributed by atoms with Crippen LogP contribution in [0.4, 0.5) is 5.13 Å². The normalized spacial score (nSPS) is 11.7. The minimum atomic E-state index is -0.350. The first kappa shape index (κ1) is 26.4. The number of carbonyl (C=O) groups excluding carboxylic acids is 2. The molecule has 2 amide bonds. The maximum absolute atomic E-state index is 12.6. The Labute approximate surface area is 213 Å². The molecule has 11 heteroatoms. The van der Waals surface area contributed by atoms with Gasteiger partial charge in [-0.25, -0.2) is 4.98 Å².